The maximum atomic E-state index is 12.0. The molecule has 94 valence electrons. The molecule has 0 atom stereocenters. The number of aromatic nitrogens is 1. The van der Waals surface area contributed by atoms with Gasteiger partial charge in [0.25, 0.3) is 5.91 Å². The zero-order chi connectivity index (χ0) is 13.0. The van der Waals surface area contributed by atoms with Gasteiger partial charge in [-0.25, -0.2) is 0 Å². The number of nitrogens with two attached hydrogens (primary N) is 1. The Labute approximate surface area is 110 Å². The van der Waals surface area contributed by atoms with E-state index in [-0.39, 0.29) is 5.91 Å². The van der Waals surface area contributed by atoms with Gasteiger partial charge in [0, 0.05) is 12.7 Å². The third kappa shape index (κ3) is 2.51. The summed E-state index contributed by atoms with van der Waals surface area (Å²) < 4.78 is 0.939. The molecule has 2 rings (SSSR count). The summed E-state index contributed by atoms with van der Waals surface area (Å²) >= 11 is 1.38. The Kier molecular flexibility index (Phi) is 3.94. The minimum atomic E-state index is -0.125. The van der Waals surface area contributed by atoms with Crippen molar-refractivity contribution in [3.8, 4) is 0 Å². The van der Waals surface area contributed by atoms with E-state index in [1.54, 1.807) is 6.20 Å². The molecule has 4 nitrogen and oxygen atoms in total. The monoisotopic (exact) mass is 261 g/mol. The molecule has 0 aliphatic heterocycles. The van der Waals surface area contributed by atoms with Crippen LogP contribution >= 0.6 is 11.3 Å². The largest absolute Gasteiger partial charge is 0.396 e. The van der Waals surface area contributed by atoms with Crippen molar-refractivity contribution >= 4 is 33.1 Å². The van der Waals surface area contributed by atoms with Crippen LogP contribution in [0.3, 0.4) is 0 Å². The molecule has 0 saturated heterocycles. The summed E-state index contributed by atoms with van der Waals surface area (Å²) in [5.74, 6) is -0.125. The number of hydrogen-bond donors (Lipinski definition) is 2. The van der Waals surface area contributed by atoms with Crippen LogP contribution in [-0.4, -0.2) is 17.4 Å². The molecular weight excluding hydrogens is 246 g/mol. The Balaban J connectivity index is 2.15. The van der Waals surface area contributed by atoms with Gasteiger partial charge in [0.2, 0.25) is 0 Å². The highest BCUT2D eigenvalue weighted by Crippen LogP contribution is 2.31. The average molecular weight is 261 g/mol. The summed E-state index contributed by atoms with van der Waals surface area (Å²) in [4.78, 5) is 16.7. The second-order valence-corrected chi connectivity index (χ2v) is 4.86. The molecule has 18 heavy (non-hydrogen) atoms. The summed E-state index contributed by atoms with van der Waals surface area (Å²) in [5.41, 5.74) is 7.12. The molecule has 0 fully saturated rings. The molecule has 1 amide bonds. The van der Waals surface area contributed by atoms with Gasteiger partial charge in [-0.1, -0.05) is 12.2 Å². The van der Waals surface area contributed by atoms with Crippen molar-refractivity contribution in [2.45, 2.75) is 13.3 Å². The lowest BCUT2D eigenvalue weighted by molar-refractivity contribution is 0.0959. The lowest BCUT2D eigenvalue weighted by Gasteiger charge is -2.01. The van der Waals surface area contributed by atoms with Crippen molar-refractivity contribution in [3.63, 3.8) is 0 Å². The van der Waals surface area contributed by atoms with Gasteiger partial charge in [0.15, 0.2) is 0 Å². The van der Waals surface area contributed by atoms with Crippen LogP contribution < -0.4 is 11.1 Å². The van der Waals surface area contributed by atoms with Crippen LogP contribution in [0.1, 0.15) is 23.0 Å². The number of rotatable bonds is 4. The fraction of sp³-hybridized carbons (Fsp3) is 0.231. The predicted molar refractivity (Wildman–Crippen MR) is 75.8 cm³/mol. The number of nitrogen functional groups attached to an aromatic ring is 1. The number of amides is 1. The number of carbonyl (C=O) groups excluding carboxylic acids is 1. The van der Waals surface area contributed by atoms with Gasteiger partial charge in [-0.2, -0.15) is 0 Å². The molecule has 0 unspecified atom stereocenters. The molecule has 2 aromatic heterocycles. The van der Waals surface area contributed by atoms with Gasteiger partial charge >= 0.3 is 0 Å². The smallest absolute Gasteiger partial charge is 0.263 e. The van der Waals surface area contributed by atoms with E-state index in [1.165, 1.54) is 11.3 Å². The van der Waals surface area contributed by atoms with Crippen LogP contribution in [0, 0.1) is 0 Å². The quantitative estimate of drug-likeness (QED) is 0.656. The van der Waals surface area contributed by atoms with E-state index in [0.29, 0.717) is 22.6 Å². The number of nitrogens with zero attached hydrogens (tertiary/aromatic N) is 1. The first-order chi connectivity index (χ1) is 8.74. The molecule has 0 spiro atoms. The van der Waals surface area contributed by atoms with Crippen LogP contribution in [0.2, 0.25) is 0 Å². The molecule has 0 radical (unpaired) electrons. The molecule has 2 aromatic rings. The molecule has 3 N–H and O–H groups in total. The number of pyridine rings is 1. The zero-order valence-corrected chi connectivity index (χ0v) is 11.0. The van der Waals surface area contributed by atoms with Crippen molar-refractivity contribution in [2.24, 2.45) is 0 Å². The Morgan fingerprint density at radius 2 is 2.44 bits per heavy atom. The molecule has 0 aliphatic rings. The summed E-state index contributed by atoms with van der Waals surface area (Å²) in [7, 11) is 0. The van der Waals surface area contributed by atoms with E-state index in [9.17, 15) is 4.79 Å². The summed E-state index contributed by atoms with van der Waals surface area (Å²) in [5, 5.41) is 2.85. The highest BCUT2D eigenvalue weighted by molar-refractivity contribution is 7.21. The molecule has 0 saturated carbocycles. The minimum Gasteiger partial charge on any atom is -0.396 e. The summed E-state index contributed by atoms with van der Waals surface area (Å²) in [6, 6.07) is 3.76. The van der Waals surface area contributed by atoms with Gasteiger partial charge in [-0.3, -0.25) is 9.78 Å². The van der Waals surface area contributed by atoms with Crippen molar-refractivity contribution in [3.05, 3.63) is 35.4 Å². The number of anilines is 1. The maximum absolute atomic E-state index is 12.0. The van der Waals surface area contributed by atoms with Gasteiger partial charge in [0.05, 0.1) is 10.4 Å². The van der Waals surface area contributed by atoms with Gasteiger partial charge in [0.1, 0.15) is 10.4 Å². The normalized spacial score (nSPS) is 11.2. The first-order valence-corrected chi connectivity index (χ1v) is 6.58. The number of carbonyl (C=O) groups is 1. The zero-order valence-electron chi connectivity index (χ0n) is 10.1. The van der Waals surface area contributed by atoms with E-state index in [2.05, 4.69) is 10.3 Å². The van der Waals surface area contributed by atoms with Crippen molar-refractivity contribution < 1.29 is 4.79 Å². The predicted octanol–water partition coefficient (Wildman–Crippen LogP) is 2.57. The van der Waals surface area contributed by atoms with Gasteiger partial charge < -0.3 is 11.1 Å². The van der Waals surface area contributed by atoms with Crippen LogP contribution in [-0.2, 0) is 0 Å². The molecule has 0 aromatic carbocycles. The average Bonchev–Trinajstić information content (AvgIpc) is 2.73. The first kappa shape index (κ1) is 12.6. The topological polar surface area (TPSA) is 68.0 Å². The van der Waals surface area contributed by atoms with E-state index >= 15 is 0 Å². The molecule has 0 bridgehead atoms. The lowest BCUT2D eigenvalue weighted by Crippen LogP contribution is -2.23. The van der Waals surface area contributed by atoms with E-state index in [4.69, 9.17) is 5.73 Å². The molecule has 2 heterocycles. The second-order valence-electron chi connectivity index (χ2n) is 3.81. The number of thiophene rings is 1. The summed E-state index contributed by atoms with van der Waals surface area (Å²) in [6.45, 7) is 2.57. The van der Waals surface area contributed by atoms with E-state index < -0.39 is 0 Å². The van der Waals surface area contributed by atoms with Crippen LogP contribution in [0.4, 0.5) is 5.69 Å². The fourth-order valence-electron chi connectivity index (χ4n) is 1.63. The van der Waals surface area contributed by atoms with E-state index in [0.717, 1.165) is 11.1 Å². The van der Waals surface area contributed by atoms with Gasteiger partial charge in [-0.15, -0.1) is 11.3 Å². The molecule has 0 aliphatic carbocycles. The third-order valence-electron chi connectivity index (χ3n) is 2.52. The Morgan fingerprint density at radius 3 is 3.17 bits per heavy atom. The Hall–Kier alpha value is -1.88. The highest BCUT2D eigenvalue weighted by atomic mass is 32.1. The van der Waals surface area contributed by atoms with Crippen LogP contribution in [0.25, 0.3) is 10.2 Å². The first-order valence-electron chi connectivity index (χ1n) is 5.76. The minimum absolute atomic E-state index is 0.125. The second kappa shape index (κ2) is 5.64. The Bertz CT molecular complexity index is 589. The Morgan fingerprint density at radius 1 is 1.61 bits per heavy atom. The van der Waals surface area contributed by atoms with Crippen molar-refractivity contribution in [1.29, 1.82) is 0 Å². The number of nitrogens with one attached hydrogen (secondary N) is 1. The molecule has 5 heteroatoms. The van der Waals surface area contributed by atoms with E-state index in [1.807, 2.05) is 31.2 Å². The van der Waals surface area contributed by atoms with Crippen molar-refractivity contribution in [2.75, 3.05) is 12.3 Å². The molecular formula is C13H15N3OS. The number of allylic oxidation sites excluding steroid dienone is 1. The lowest BCUT2D eigenvalue weighted by atomic mass is 10.3. The van der Waals surface area contributed by atoms with Crippen LogP contribution in [0.15, 0.2) is 30.5 Å². The standard InChI is InChI=1S/C13H15N3OS/c1-2-3-4-7-16-13(17)12-10(14)11-9(18-12)6-5-8-15-11/h2-3,5-6,8H,4,7,14H2,1H3,(H,16,17)/b3-2+. The van der Waals surface area contributed by atoms with Crippen molar-refractivity contribution in [1.82, 2.24) is 10.3 Å². The maximum Gasteiger partial charge on any atom is 0.263 e. The van der Waals surface area contributed by atoms with Gasteiger partial charge in [-0.05, 0) is 25.5 Å². The number of fused-ring (bicyclic) bond motifs is 1. The number of hydrogen-bond acceptors (Lipinski definition) is 4. The van der Waals surface area contributed by atoms with Crippen LogP contribution in [0.5, 0.6) is 0 Å². The SMILES string of the molecule is C/C=C/CCNC(=O)c1sc2cccnc2c1N. The summed E-state index contributed by atoms with van der Waals surface area (Å²) in [6.07, 6.45) is 6.48. The fourth-order valence-corrected chi connectivity index (χ4v) is 2.63. The third-order valence-corrected chi connectivity index (χ3v) is 3.68. The highest BCUT2D eigenvalue weighted by Gasteiger charge is 2.16.